The first-order valence-electron chi connectivity index (χ1n) is 10.9. The summed E-state index contributed by atoms with van der Waals surface area (Å²) in [6, 6.07) is 4.94. The van der Waals surface area contributed by atoms with Crippen LogP contribution in [0, 0.1) is 0 Å². The quantitative estimate of drug-likeness (QED) is 0.226. The summed E-state index contributed by atoms with van der Waals surface area (Å²) in [6.45, 7) is 2.40. The molecular formula is C23H37NO4. The zero-order chi connectivity index (χ0) is 20.2. The molecule has 0 radical (unpaired) electrons. The van der Waals surface area contributed by atoms with E-state index in [0.29, 0.717) is 30.1 Å². The molecule has 1 aliphatic heterocycles. The summed E-state index contributed by atoms with van der Waals surface area (Å²) in [5.74, 6) is 0.829. The number of hydrogen-bond acceptors (Lipinski definition) is 5. The van der Waals surface area contributed by atoms with Gasteiger partial charge in [0.2, 0.25) is 0 Å². The van der Waals surface area contributed by atoms with Gasteiger partial charge in [-0.3, -0.25) is 0 Å². The minimum atomic E-state index is -0.361. The maximum atomic E-state index is 9.66. The standard InChI is InChI=1S/C23H37NO4/c1-23(15-11-9-7-5-3-2-4-6-8-10-12-16-25)18-21(24-27)20-17-19(26)13-14-22(20)28-23/h13-14,17,25-27H,2-12,15-16,18H2,1H3/b24-21-. The molecule has 158 valence electrons. The fraction of sp³-hybridized carbons (Fsp3) is 0.696. The number of nitrogens with zero attached hydrogens (tertiary/aromatic N) is 1. The molecule has 1 atom stereocenters. The summed E-state index contributed by atoms with van der Waals surface area (Å²) in [5.41, 5.74) is 0.898. The second kappa shape index (κ2) is 11.9. The van der Waals surface area contributed by atoms with Crippen molar-refractivity contribution in [3.8, 4) is 11.5 Å². The van der Waals surface area contributed by atoms with E-state index in [1.807, 2.05) is 0 Å². The molecule has 5 heteroatoms. The minimum absolute atomic E-state index is 0.150. The first-order chi connectivity index (χ1) is 13.6. The van der Waals surface area contributed by atoms with Gasteiger partial charge in [-0.05, 0) is 44.4 Å². The van der Waals surface area contributed by atoms with Gasteiger partial charge in [-0.25, -0.2) is 0 Å². The number of aliphatic hydroxyl groups is 1. The molecule has 0 saturated heterocycles. The molecule has 1 unspecified atom stereocenters. The molecule has 28 heavy (non-hydrogen) atoms. The van der Waals surface area contributed by atoms with E-state index >= 15 is 0 Å². The third-order valence-corrected chi connectivity index (χ3v) is 5.66. The second-order valence-electron chi connectivity index (χ2n) is 8.32. The molecule has 1 aromatic carbocycles. The van der Waals surface area contributed by atoms with Crippen LogP contribution in [0.15, 0.2) is 23.4 Å². The van der Waals surface area contributed by atoms with Gasteiger partial charge in [-0.15, -0.1) is 0 Å². The number of benzene rings is 1. The number of rotatable bonds is 13. The molecule has 1 aromatic rings. The molecule has 1 aliphatic rings. The number of aliphatic hydroxyl groups excluding tert-OH is 1. The number of aromatic hydroxyl groups is 1. The Bertz CT molecular complexity index is 617. The van der Waals surface area contributed by atoms with E-state index < -0.39 is 0 Å². The van der Waals surface area contributed by atoms with E-state index in [0.717, 1.165) is 25.7 Å². The largest absolute Gasteiger partial charge is 0.508 e. The summed E-state index contributed by atoms with van der Waals surface area (Å²) in [4.78, 5) is 0. The normalized spacial score (nSPS) is 20.1. The summed E-state index contributed by atoms with van der Waals surface area (Å²) in [5, 5.41) is 31.2. The van der Waals surface area contributed by atoms with Gasteiger partial charge in [0.15, 0.2) is 0 Å². The summed E-state index contributed by atoms with van der Waals surface area (Å²) in [7, 11) is 0. The lowest BCUT2D eigenvalue weighted by Crippen LogP contribution is -2.39. The number of hydrogen-bond donors (Lipinski definition) is 3. The number of oxime groups is 1. The van der Waals surface area contributed by atoms with Gasteiger partial charge in [-0.2, -0.15) is 0 Å². The van der Waals surface area contributed by atoms with Crippen LogP contribution in [0.2, 0.25) is 0 Å². The number of fused-ring (bicyclic) bond motifs is 1. The molecule has 0 aliphatic carbocycles. The molecule has 3 N–H and O–H groups in total. The zero-order valence-corrected chi connectivity index (χ0v) is 17.3. The topological polar surface area (TPSA) is 82.3 Å². The maximum Gasteiger partial charge on any atom is 0.129 e. The first-order valence-corrected chi connectivity index (χ1v) is 10.9. The Morgan fingerprint density at radius 2 is 1.50 bits per heavy atom. The van der Waals surface area contributed by atoms with Gasteiger partial charge >= 0.3 is 0 Å². The molecule has 0 spiro atoms. The van der Waals surface area contributed by atoms with Crippen molar-refractivity contribution in [1.29, 1.82) is 0 Å². The van der Waals surface area contributed by atoms with Gasteiger partial charge in [0.25, 0.3) is 0 Å². The van der Waals surface area contributed by atoms with E-state index in [9.17, 15) is 10.3 Å². The van der Waals surface area contributed by atoms with Crippen molar-refractivity contribution in [3.63, 3.8) is 0 Å². The van der Waals surface area contributed by atoms with Crippen LogP contribution in [0.4, 0.5) is 0 Å². The lowest BCUT2D eigenvalue weighted by Gasteiger charge is -2.36. The van der Waals surface area contributed by atoms with Crippen LogP contribution < -0.4 is 4.74 Å². The number of phenols is 1. The Balaban J connectivity index is 1.61. The van der Waals surface area contributed by atoms with Crippen LogP contribution in [-0.4, -0.2) is 33.3 Å². The van der Waals surface area contributed by atoms with Crippen molar-refractivity contribution in [3.05, 3.63) is 23.8 Å². The van der Waals surface area contributed by atoms with E-state index in [2.05, 4.69) is 12.1 Å². The van der Waals surface area contributed by atoms with Gasteiger partial charge in [-0.1, -0.05) is 62.9 Å². The van der Waals surface area contributed by atoms with Crippen molar-refractivity contribution in [2.24, 2.45) is 5.16 Å². The predicted molar refractivity (Wildman–Crippen MR) is 113 cm³/mol. The molecular weight excluding hydrogens is 354 g/mol. The van der Waals surface area contributed by atoms with Crippen molar-refractivity contribution in [2.75, 3.05) is 6.61 Å². The van der Waals surface area contributed by atoms with Gasteiger partial charge in [0.05, 0.1) is 5.71 Å². The Labute approximate surface area is 169 Å². The molecule has 0 fully saturated rings. The van der Waals surface area contributed by atoms with Crippen molar-refractivity contribution in [1.82, 2.24) is 0 Å². The number of unbranched alkanes of at least 4 members (excludes halogenated alkanes) is 10. The summed E-state index contributed by atoms with van der Waals surface area (Å²) in [6.07, 6.45) is 14.9. The highest BCUT2D eigenvalue weighted by molar-refractivity contribution is 6.04. The van der Waals surface area contributed by atoms with Crippen LogP contribution in [0.3, 0.4) is 0 Å². The van der Waals surface area contributed by atoms with Gasteiger partial charge in [0.1, 0.15) is 17.1 Å². The van der Waals surface area contributed by atoms with Crippen molar-refractivity contribution >= 4 is 5.71 Å². The van der Waals surface area contributed by atoms with Crippen molar-refractivity contribution < 1.29 is 20.2 Å². The monoisotopic (exact) mass is 391 g/mol. The molecule has 1 heterocycles. The lowest BCUT2D eigenvalue weighted by atomic mass is 9.86. The first kappa shape index (κ1) is 22.5. The Hall–Kier alpha value is -1.75. The maximum absolute atomic E-state index is 9.66. The minimum Gasteiger partial charge on any atom is -0.508 e. The SMILES string of the molecule is CC1(CCCCCCCCCCCCCO)C/C(=N/O)c2cc(O)ccc2O1. The highest BCUT2D eigenvalue weighted by Crippen LogP contribution is 2.38. The van der Waals surface area contributed by atoms with E-state index in [1.165, 1.54) is 51.4 Å². The average Bonchev–Trinajstić information content (AvgIpc) is 2.68. The fourth-order valence-electron chi connectivity index (χ4n) is 4.01. The van der Waals surface area contributed by atoms with E-state index in [-0.39, 0.29) is 11.4 Å². The fourth-order valence-corrected chi connectivity index (χ4v) is 4.01. The summed E-state index contributed by atoms with van der Waals surface area (Å²) < 4.78 is 6.19. The molecule has 2 rings (SSSR count). The lowest BCUT2D eigenvalue weighted by molar-refractivity contribution is 0.0764. The third kappa shape index (κ3) is 7.34. The molecule has 0 saturated carbocycles. The Kier molecular flexibility index (Phi) is 9.62. The van der Waals surface area contributed by atoms with Crippen molar-refractivity contribution in [2.45, 2.75) is 96.0 Å². The highest BCUT2D eigenvalue weighted by atomic mass is 16.5. The Morgan fingerprint density at radius 3 is 2.07 bits per heavy atom. The zero-order valence-electron chi connectivity index (χ0n) is 17.3. The van der Waals surface area contributed by atoms with Gasteiger partial charge < -0.3 is 20.2 Å². The number of ether oxygens (including phenoxy) is 1. The van der Waals surface area contributed by atoms with E-state index in [1.54, 1.807) is 18.2 Å². The second-order valence-corrected chi connectivity index (χ2v) is 8.32. The smallest absolute Gasteiger partial charge is 0.129 e. The van der Waals surface area contributed by atoms with Crippen LogP contribution in [0.5, 0.6) is 11.5 Å². The van der Waals surface area contributed by atoms with Gasteiger partial charge in [0, 0.05) is 18.6 Å². The van der Waals surface area contributed by atoms with Crippen LogP contribution >= 0.6 is 0 Å². The summed E-state index contributed by atoms with van der Waals surface area (Å²) >= 11 is 0. The van der Waals surface area contributed by atoms with Crippen LogP contribution in [0.1, 0.15) is 96.0 Å². The van der Waals surface area contributed by atoms with Crippen LogP contribution in [0.25, 0.3) is 0 Å². The predicted octanol–water partition coefficient (Wildman–Crippen LogP) is 5.79. The molecule has 0 aromatic heterocycles. The molecule has 0 amide bonds. The average molecular weight is 392 g/mol. The highest BCUT2D eigenvalue weighted by Gasteiger charge is 2.35. The number of phenolic OH excluding ortho intramolecular Hbond substituents is 1. The van der Waals surface area contributed by atoms with E-state index in [4.69, 9.17) is 9.84 Å². The molecule has 5 nitrogen and oxygen atoms in total. The Morgan fingerprint density at radius 1 is 0.929 bits per heavy atom. The molecule has 0 bridgehead atoms. The van der Waals surface area contributed by atoms with Crippen LogP contribution in [-0.2, 0) is 0 Å². The third-order valence-electron chi connectivity index (χ3n) is 5.66.